The smallest absolute Gasteiger partial charge is 0.410 e. The monoisotopic (exact) mass is 253 g/mol. The van der Waals surface area contributed by atoms with E-state index in [9.17, 15) is 9.59 Å². The molecule has 0 aromatic carbocycles. The van der Waals surface area contributed by atoms with Crippen LogP contribution in [0.5, 0.6) is 0 Å². The van der Waals surface area contributed by atoms with E-state index in [-0.39, 0.29) is 17.8 Å². The van der Waals surface area contributed by atoms with Gasteiger partial charge in [0.15, 0.2) is 0 Å². The highest BCUT2D eigenvalue weighted by Gasteiger charge is 2.30. The third-order valence-corrected chi connectivity index (χ3v) is 2.88. The predicted octanol–water partition coefficient (Wildman–Crippen LogP) is 1.36. The molecule has 0 saturated carbocycles. The number of nitrogens with one attached hydrogen (secondary N) is 1. The van der Waals surface area contributed by atoms with E-state index in [4.69, 9.17) is 4.74 Å². The van der Waals surface area contributed by atoms with Crippen LogP contribution in [0.4, 0.5) is 4.79 Å². The summed E-state index contributed by atoms with van der Waals surface area (Å²) in [6.07, 6.45) is 3.79. The van der Waals surface area contributed by atoms with E-state index in [2.05, 4.69) is 4.98 Å². The Labute approximate surface area is 106 Å². The molecule has 1 saturated heterocycles. The molecule has 1 N–H and O–H groups in total. The Bertz CT molecular complexity index is 483. The molecule has 0 bridgehead atoms. The van der Waals surface area contributed by atoms with Crippen LogP contribution in [0.15, 0.2) is 17.2 Å². The van der Waals surface area contributed by atoms with Crippen molar-refractivity contribution >= 4 is 6.09 Å². The molecular formula is C12H19N3O3. The van der Waals surface area contributed by atoms with Gasteiger partial charge in [0.1, 0.15) is 5.60 Å². The van der Waals surface area contributed by atoms with Gasteiger partial charge in [-0.25, -0.2) is 9.59 Å². The predicted molar refractivity (Wildman–Crippen MR) is 66.5 cm³/mol. The number of nitrogens with zero attached hydrogens (tertiary/aromatic N) is 2. The van der Waals surface area contributed by atoms with Crippen molar-refractivity contribution in [2.45, 2.75) is 38.8 Å². The van der Waals surface area contributed by atoms with Crippen LogP contribution in [0.1, 0.15) is 33.2 Å². The SMILES string of the molecule is CC(C)(C)OC(=O)N1CC[C@H](n2cc[nH]c2=O)C1. The summed E-state index contributed by atoms with van der Waals surface area (Å²) in [7, 11) is 0. The van der Waals surface area contributed by atoms with Gasteiger partial charge in [-0.05, 0) is 27.2 Å². The van der Waals surface area contributed by atoms with E-state index in [0.29, 0.717) is 13.1 Å². The molecule has 0 spiro atoms. The quantitative estimate of drug-likeness (QED) is 0.821. The maximum atomic E-state index is 11.9. The number of carbonyl (C=O) groups is 1. The molecule has 18 heavy (non-hydrogen) atoms. The summed E-state index contributed by atoms with van der Waals surface area (Å²) in [6.45, 7) is 6.67. The molecule has 1 aliphatic rings. The molecular weight excluding hydrogens is 234 g/mol. The highest BCUT2D eigenvalue weighted by molar-refractivity contribution is 5.68. The van der Waals surface area contributed by atoms with Gasteiger partial charge in [-0.3, -0.25) is 4.57 Å². The van der Waals surface area contributed by atoms with Gasteiger partial charge in [-0.15, -0.1) is 0 Å². The normalized spacial score (nSPS) is 20.2. The van der Waals surface area contributed by atoms with Crippen molar-refractivity contribution < 1.29 is 9.53 Å². The number of hydrogen-bond donors (Lipinski definition) is 1. The van der Waals surface area contributed by atoms with Crippen LogP contribution in [0.25, 0.3) is 0 Å². The number of H-pyrrole nitrogens is 1. The molecule has 0 unspecified atom stereocenters. The van der Waals surface area contributed by atoms with Crippen molar-refractivity contribution in [3.8, 4) is 0 Å². The molecule has 100 valence electrons. The molecule has 1 fully saturated rings. The van der Waals surface area contributed by atoms with Crippen LogP contribution >= 0.6 is 0 Å². The Morgan fingerprint density at radius 3 is 2.78 bits per heavy atom. The van der Waals surface area contributed by atoms with Crippen molar-refractivity contribution in [3.63, 3.8) is 0 Å². The topological polar surface area (TPSA) is 67.3 Å². The number of aromatic nitrogens is 2. The lowest BCUT2D eigenvalue weighted by Crippen LogP contribution is -2.36. The van der Waals surface area contributed by atoms with Gasteiger partial charge in [0.05, 0.1) is 6.04 Å². The first kappa shape index (κ1) is 12.7. The fourth-order valence-electron chi connectivity index (χ4n) is 2.08. The van der Waals surface area contributed by atoms with Crippen LogP contribution < -0.4 is 5.69 Å². The number of rotatable bonds is 1. The maximum absolute atomic E-state index is 11.9. The number of amides is 1. The first-order chi connectivity index (χ1) is 8.37. The van der Waals surface area contributed by atoms with Crippen LogP contribution in [0, 0.1) is 0 Å². The molecule has 1 aliphatic heterocycles. The summed E-state index contributed by atoms with van der Waals surface area (Å²) >= 11 is 0. The summed E-state index contributed by atoms with van der Waals surface area (Å²) in [5.41, 5.74) is -0.619. The standard InChI is InChI=1S/C12H19N3O3/c1-12(2,3)18-11(17)14-6-4-9(8-14)15-7-5-13-10(15)16/h5,7,9H,4,6,8H2,1-3H3,(H,13,16)/t9-/m0/s1. The minimum Gasteiger partial charge on any atom is -0.444 e. The van der Waals surface area contributed by atoms with Crippen LogP contribution in [-0.4, -0.2) is 39.2 Å². The van der Waals surface area contributed by atoms with Crippen molar-refractivity contribution in [2.24, 2.45) is 0 Å². The fraction of sp³-hybridized carbons (Fsp3) is 0.667. The number of likely N-dealkylation sites (tertiary alicyclic amines) is 1. The minimum atomic E-state index is -0.486. The first-order valence-corrected chi connectivity index (χ1v) is 6.10. The summed E-state index contributed by atoms with van der Waals surface area (Å²) in [5, 5.41) is 0. The van der Waals surface area contributed by atoms with Crippen LogP contribution in [0.2, 0.25) is 0 Å². The van der Waals surface area contributed by atoms with E-state index >= 15 is 0 Å². The second-order valence-electron chi connectivity index (χ2n) is 5.54. The molecule has 1 aromatic heterocycles. The van der Waals surface area contributed by atoms with Crippen molar-refractivity contribution in [1.82, 2.24) is 14.5 Å². The van der Waals surface area contributed by atoms with Gasteiger partial charge in [-0.1, -0.05) is 0 Å². The van der Waals surface area contributed by atoms with Crippen LogP contribution in [0.3, 0.4) is 0 Å². The fourth-order valence-corrected chi connectivity index (χ4v) is 2.08. The zero-order valence-corrected chi connectivity index (χ0v) is 11.0. The molecule has 2 rings (SSSR count). The lowest BCUT2D eigenvalue weighted by atomic mass is 10.2. The van der Waals surface area contributed by atoms with E-state index in [1.807, 2.05) is 20.8 Å². The molecule has 0 radical (unpaired) electrons. The Kier molecular flexibility index (Phi) is 3.19. The summed E-state index contributed by atoms with van der Waals surface area (Å²) in [4.78, 5) is 27.6. The van der Waals surface area contributed by atoms with Gasteiger partial charge in [-0.2, -0.15) is 0 Å². The Balaban J connectivity index is 1.99. The van der Waals surface area contributed by atoms with Crippen molar-refractivity contribution in [2.75, 3.05) is 13.1 Å². The average molecular weight is 253 g/mol. The summed E-state index contributed by atoms with van der Waals surface area (Å²) in [5.74, 6) is 0. The molecule has 6 heteroatoms. The zero-order valence-electron chi connectivity index (χ0n) is 11.0. The Morgan fingerprint density at radius 2 is 2.22 bits per heavy atom. The molecule has 1 atom stereocenters. The third-order valence-electron chi connectivity index (χ3n) is 2.88. The number of carbonyl (C=O) groups excluding carboxylic acids is 1. The van der Waals surface area contributed by atoms with E-state index in [1.54, 1.807) is 21.9 Å². The summed E-state index contributed by atoms with van der Waals surface area (Å²) < 4.78 is 6.94. The molecule has 1 aromatic rings. The van der Waals surface area contributed by atoms with Gasteiger partial charge in [0.25, 0.3) is 0 Å². The second kappa shape index (κ2) is 4.51. The third kappa shape index (κ3) is 2.75. The van der Waals surface area contributed by atoms with Crippen molar-refractivity contribution in [1.29, 1.82) is 0 Å². The van der Waals surface area contributed by atoms with Gasteiger partial charge >= 0.3 is 11.8 Å². The van der Waals surface area contributed by atoms with Gasteiger partial charge in [0, 0.05) is 25.5 Å². The highest BCUT2D eigenvalue weighted by atomic mass is 16.6. The lowest BCUT2D eigenvalue weighted by molar-refractivity contribution is 0.0289. The summed E-state index contributed by atoms with van der Waals surface area (Å²) in [6, 6.07) is 0.0382. The van der Waals surface area contributed by atoms with E-state index < -0.39 is 5.60 Å². The molecule has 0 aliphatic carbocycles. The maximum Gasteiger partial charge on any atom is 0.410 e. The molecule has 6 nitrogen and oxygen atoms in total. The number of imidazole rings is 1. The average Bonchev–Trinajstić information content (AvgIpc) is 2.82. The van der Waals surface area contributed by atoms with E-state index in [1.165, 1.54) is 0 Å². The largest absolute Gasteiger partial charge is 0.444 e. The minimum absolute atomic E-state index is 0.0382. The van der Waals surface area contributed by atoms with Crippen molar-refractivity contribution in [3.05, 3.63) is 22.9 Å². The molecule has 2 heterocycles. The van der Waals surface area contributed by atoms with Gasteiger partial charge in [0.2, 0.25) is 0 Å². The van der Waals surface area contributed by atoms with Crippen LogP contribution in [-0.2, 0) is 4.74 Å². The first-order valence-electron chi connectivity index (χ1n) is 6.10. The van der Waals surface area contributed by atoms with Gasteiger partial charge < -0.3 is 14.6 Å². The number of aromatic amines is 1. The second-order valence-corrected chi connectivity index (χ2v) is 5.54. The zero-order chi connectivity index (χ0) is 13.3. The van der Waals surface area contributed by atoms with E-state index in [0.717, 1.165) is 6.42 Å². The molecule has 1 amide bonds. The number of hydrogen-bond acceptors (Lipinski definition) is 3. The number of ether oxygens (including phenoxy) is 1. The Hall–Kier alpha value is -1.72. The highest BCUT2D eigenvalue weighted by Crippen LogP contribution is 2.22. The Morgan fingerprint density at radius 1 is 1.50 bits per heavy atom. The lowest BCUT2D eigenvalue weighted by Gasteiger charge is -2.24.